The summed E-state index contributed by atoms with van der Waals surface area (Å²) in [7, 11) is 2.12. The quantitative estimate of drug-likeness (QED) is 0.724. The van der Waals surface area contributed by atoms with E-state index in [2.05, 4.69) is 29.1 Å². The molecule has 1 fully saturated rings. The number of amides is 1. The molecule has 0 unspecified atom stereocenters. The van der Waals surface area contributed by atoms with E-state index in [1.807, 2.05) is 31.2 Å². The summed E-state index contributed by atoms with van der Waals surface area (Å²) in [5.74, 6) is 1.67. The zero-order valence-electron chi connectivity index (χ0n) is 15.0. The van der Waals surface area contributed by atoms with Crippen molar-refractivity contribution < 1.29 is 14.3 Å². The Balaban J connectivity index is 1.62. The highest BCUT2D eigenvalue weighted by Gasteiger charge is 2.22. The average Bonchev–Trinajstić information content (AvgIpc) is 2.56. The van der Waals surface area contributed by atoms with Crippen molar-refractivity contribution in [3.63, 3.8) is 0 Å². The first-order chi connectivity index (χ1) is 11.6. The zero-order chi connectivity index (χ0) is 17.4. The smallest absolute Gasteiger partial charge is 0.234 e. The number of rotatable bonds is 8. The van der Waals surface area contributed by atoms with Crippen LogP contribution in [0.15, 0.2) is 24.3 Å². The molecule has 134 valence electrons. The predicted octanol–water partition coefficient (Wildman–Crippen LogP) is 1.22. The second kappa shape index (κ2) is 9.49. The molecule has 1 atom stereocenters. The second-order valence-corrected chi connectivity index (χ2v) is 6.18. The van der Waals surface area contributed by atoms with Crippen molar-refractivity contribution in [1.82, 2.24) is 15.1 Å². The number of benzene rings is 1. The first kappa shape index (κ1) is 18.5. The van der Waals surface area contributed by atoms with Crippen LogP contribution < -0.4 is 14.8 Å². The van der Waals surface area contributed by atoms with Crippen molar-refractivity contribution >= 4 is 5.91 Å². The van der Waals surface area contributed by atoms with Crippen LogP contribution >= 0.6 is 0 Å². The molecule has 0 bridgehead atoms. The summed E-state index contributed by atoms with van der Waals surface area (Å²) in [5.41, 5.74) is 0. The number of piperazine rings is 1. The van der Waals surface area contributed by atoms with Crippen LogP contribution in [0.5, 0.6) is 11.5 Å². The van der Waals surface area contributed by atoms with Gasteiger partial charge in [0.25, 0.3) is 0 Å². The van der Waals surface area contributed by atoms with Gasteiger partial charge < -0.3 is 19.7 Å². The number of ether oxygens (including phenoxy) is 2. The van der Waals surface area contributed by atoms with Gasteiger partial charge in [-0.1, -0.05) is 0 Å². The molecule has 0 aliphatic carbocycles. The van der Waals surface area contributed by atoms with E-state index >= 15 is 0 Å². The van der Waals surface area contributed by atoms with Crippen molar-refractivity contribution in [2.24, 2.45) is 0 Å². The van der Waals surface area contributed by atoms with E-state index in [1.165, 1.54) is 0 Å². The van der Waals surface area contributed by atoms with Crippen LogP contribution in [0, 0.1) is 0 Å². The summed E-state index contributed by atoms with van der Waals surface area (Å²) in [5, 5.41) is 2.92. The van der Waals surface area contributed by atoms with Gasteiger partial charge in [-0.2, -0.15) is 0 Å². The normalized spacial score (nSPS) is 19.0. The van der Waals surface area contributed by atoms with E-state index < -0.39 is 0 Å². The summed E-state index contributed by atoms with van der Waals surface area (Å²) >= 11 is 0. The number of carbonyl (C=O) groups excluding carboxylic acids is 1. The number of hydrogen-bond acceptors (Lipinski definition) is 5. The summed E-state index contributed by atoms with van der Waals surface area (Å²) in [6.45, 7) is 9.15. The van der Waals surface area contributed by atoms with Gasteiger partial charge in [-0.25, -0.2) is 0 Å². The molecule has 0 aromatic heterocycles. The molecule has 0 spiro atoms. The van der Waals surface area contributed by atoms with E-state index in [0.717, 1.165) is 31.1 Å². The Hall–Kier alpha value is -1.79. The van der Waals surface area contributed by atoms with Gasteiger partial charge in [0, 0.05) is 25.7 Å². The third-order valence-corrected chi connectivity index (χ3v) is 4.14. The van der Waals surface area contributed by atoms with E-state index in [4.69, 9.17) is 9.47 Å². The summed E-state index contributed by atoms with van der Waals surface area (Å²) < 4.78 is 11.0. The maximum Gasteiger partial charge on any atom is 0.234 e. The van der Waals surface area contributed by atoms with E-state index in [-0.39, 0.29) is 5.91 Å². The van der Waals surface area contributed by atoms with Crippen molar-refractivity contribution in [3.8, 4) is 11.5 Å². The maximum absolute atomic E-state index is 12.0. The number of carbonyl (C=O) groups is 1. The monoisotopic (exact) mass is 335 g/mol. The first-order valence-corrected chi connectivity index (χ1v) is 8.63. The minimum atomic E-state index is 0.0571. The molecule has 2 rings (SSSR count). The minimum Gasteiger partial charge on any atom is -0.494 e. The molecule has 1 aliphatic rings. The third kappa shape index (κ3) is 6.02. The van der Waals surface area contributed by atoms with Gasteiger partial charge in [0.05, 0.1) is 19.7 Å². The van der Waals surface area contributed by atoms with Crippen molar-refractivity contribution in [3.05, 3.63) is 24.3 Å². The molecule has 24 heavy (non-hydrogen) atoms. The Morgan fingerprint density at radius 1 is 1.21 bits per heavy atom. The topological polar surface area (TPSA) is 54.0 Å². The molecule has 1 N–H and O–H groups in total. The number of likely N-dealkylation sites (N-methyl/N-ethyl adjacent to an activating group) is 1. The zero-order valence-corrected chi connectivity index (χ0v) is 15.0. The molecule has 1 heterocycles. The predicted molar refractivity (Wildman–Crippen MR) is 94.6 cm³/mol. The van der Waals surface area contributed by atoms with Crippen LogP contribution in [0.4, 0.5) is 0 Å². The lowest BCUT2D eigenvalue weighted by molar-refractivity contribution is -0.123. The van der Waals surface area contributed by atoms with Crippen molar-refractivity contribution in [2.75, 3.05) is 53.0 Å². The largest absolute Gasteiger partial charge is 0.494 e. The molecule has 1 aromatic rings. The van der Waals surface area contributed by atoms with Gasteiger partial charge in [0.1, 0.15) is 18.1 Å². The van der Waals surface area contributed by atoms with Gasteiger partial charge in [-0.3, -0.25) is 9.69 Å². The summed E-state index contributed by atoms with van der Waals surface area (Å²) in [6.07, 6.45) is 0. The first-order valence-electron chi connectivity index (χ1n) is 8.63. The van der Waals surface area contributed by atoms with Gasteiger partial charge >= 0.3 is 0 Å². The van der Waals surface area contributed by atoms with Gasteiger partial charge in [-0.15, -0.1) is 0 Å². The third-order valence-electron chi connectivity index (χ3n) is 4.14. The summed E-state index contributed by atoms with van der Waals surface area (Å²) in [4.78, 5) is 16.5. The maximum atomic E-state index is 12.0. The number of hydrogen-bond donors (Lipinski definition) is 1. The number of nitrogens with one attached hydrogen (secondary N) is 1. The fraction of sp³-hybridized carbons (Fsp3) is 0.611. The van der Waals surface area contributed by atoms with E-state index in [9.17, 15) is 4.79 Å². The van der Waals surface area contributed by atoms with Crippen LogP contribution in [-0.2, 0) is 4.79 Å². The lowest BCUT2D eigenvalue weighted by Crippen LogP contribution is -2.53. The highest BCUT2D eigenvalue weighted by molar-refractivity contribution is 5.78. The van der Waals surface area contributed by atoms with Crippen LogP contribution in [0.3, 0.4) is 0 Å². The Kier molecular flexibility index (Phi) is 7.34. The average molecular weight is 335 g/mol. The molecule has 0 saturated carbocycles. The standard InChI is InChI=1S/C18H29N3O3/c1-4-23-16-5-7-17(8-6-16)24-12-9-19-18(22)14-21-11-10-20(3)13-15(21)2/h5-8,15H,4,9-14H2,1-3H3,(H,19,22)/t15-/m0/s1. The molecular formula is C18H29N3O3. The van der Waals surface area contributed by atoms with Crippen molar-refractivity contribution in [1.29, 1.82) is 0 Å². The van der Waals surface area contributed by atoms with E-state index in [1.54, 1.807) is 0 Å². The van der Waals surface area contributed by atoms with Crippen LogP contribution in [-0.4, -0.2) is 74.7 Å². The summed E-state index contributed by atoms with van der Waals surface area (Å²) in [6, 6.07) is 7.92. The minimum absolute atomic E-state index is 0.0571. The molecule has 0 radical (unpaired) electrons. The molecule has 1 saturated heterocycles. The Labute approximate surface area is 144 Å². The van der Waals surface area contributed by atoms with Crippen LogP contribution in [0.2, 0.25) is 0 Å². The van der Waals surface area contributed by atoms with Crippen LogP contribution in [0.1, 0.15) is 13.8 Å². The molecule has 1 aromatic carbocycles. The molecule has 1 aliphatic heterocycles. The molecular weight excluding hydrogens is 306 g/mol. The lowest BCUT2D eigenvalue weighted by Gasteiger charge is -2.37. The Morgan fingerprint density at radius 2 is 1.88 bits per heavy atom. The molecule has 6 nitrogen and oxygen atoms in total. The van der Waals surface area contributed by atoms with Gasteiger partial charge in [0.15, 0.2) is 0 Å². The highest BCUT2D eigenvalue weighted by atomic mass is 16.5. The van der Waals surface area contributed by atoms with E-state index in [0.29, 0.717) is 32.3 Å². The Morgan fingerprint density at radius 3 is 2.50 bits per heavy atom. The second-order valence-electron chi connectivity index (χ2n) is 6.18. The SMILES string of the molecule is CCOc1ccc(OCCNC(=O)CN2CCN(C)C[C@@H]2C)cc1. The lowest BCUT2D eigenvalue weighted by atomic mass is 10.2. The fourth-order valence-electron chi connectivity index (χ4n) is 2.81. The van der Waals surface area contributed by atoms with Crippen molar-refractivity contribution in [2.45, 2.75) is 19.9 Å². The Bertz CT molecular complexity index is 507. The number of nitrogens with zero attached hydrogens (tertiary/aromatic N) is 2. The van der Waals surface area contributed by atoms with Crippen LogP contribution in [0.25, 0.3) is 0 Å². The highest BCUT2D eigenvalue weighted by Crippen LogP contribution is 2.17. The molecule has 6 heteroatoms. The fourth-order valence-corrected chi connectivity index (χ4v) is 2.81. The van der Waals surface area contributed by atoms with Gasteiger partial charge in [0.2, 0.25) is 5.91 Å². The molecule has 1 amide bonds. The van der Waals surface area contributed by atoms with Gasteiger partial charge in [-0.05, 0) is 45.2 Å².